The summed E-state index contributed by atoms with van der Waals surface area (Å²) in [6, 6.07) is 3.72. The predicted molar refractivity (Wildman–Crippen MR) is 73.2 cm³/mol. The van der Waals surface area contributed by atoms with Gasteiger partial charge in [0, 0.05) is 23.2 Å². The number of nitrogens with one attached hydrogen (secondary N) is 1. The highest BCUT2D eigenvalue weighted by molar-refractivity contribution is 9.10. The van der Waals surface area contributed by atoms with Crippen LogP contribution in [0.15, 0.2) is 16.6 Å². The molecule has 0 spiro atoms. The molecular formula is C13H17BrN2O3. The second kappa shape index (κ2) is 6.98. The van der Waals surface area contributed by atoms with Crippen molar-refractivity contribution in [3.05, 3.63) is 28.0 Å². The van der Waals surface area contributed by atoms with E-state index in [1.54, 1.807) is 0 Å². The Labute approximate surface area is 120 Å². The fourth-order valence-corrected chi connectivity index (χ4v) is 2.51. The second-order valence-corrected chi connectivity index (χ2v) is 5.45. The van der Waals surface area contributed by atoms with Gasteiger partial charge in [-0.05, 0) is 31.9 Å². The van der Waals surface area contributed by atoms with Crippen LogP contribution in [0.25, 0.3) is 0 Å². The molecule has 1 aromatic rings. The van der Waals surface area contributed by atoms with E-state index in [0.29, 0.717) is 12.3 Å². The quantitative estimate of drug-likeness (QED) is 0.861. The van der Waals surface area contributed by atoms with Gasteiger partial charge in [-0.25, -0.2) is 10.3 Å². The van der Waals surface area contributed by atoms with E-state index in [0.717, 1.165) is 29.4 Å². The van der Waals surface area contributed by atoms with Crippen molar-refractivity contribution in [2.75, 3.05) is 6.61 Å². The molecule has 104 valence electrons. The number of halogens is 1. The third kappa shape index (κ3) is 4.89. The Morgan fingerprint density at radius 2 is 2.42 bits per heavy atom. The van der Waals surface area contributed by atoms with Crippen LogP contribution < -0.4 is 5.48 Å². The third-order valence-corrected chi connectivity index (χ3v) is 3.21. The fraction of sp³-hybridized carbons (Fsp3) is 0.538. The van der Waals surface area contributed by atoms with Crippen molar-refractivity contribution in [1.82, 2.24) is 10.5 Å². The highest BCUT2D eigenvalue weighted by Gasteiger charge is 2.16. The topological polar surface area (TPSA) is 60.5 Å². The Kier molecular flexibility index (Phi) is 5.30. The number of amides is 1. The number of hydrogen-bond donors (Lipinski definition) is 1. The number of carbonyl (C=O) groups is 1. The minimum atomic E-state index is -0.324. The van der Waals surface area contributed by atoms with E-state index in [1.165, 1.54) is 0 Å². The van der Waals surface area contributed by atoms with Gasteiger partial charge >= 0.3 is 0 Å². The monoisotopic (exact) mass is 328 g/mol. The molecule has 0 aliphatic carbocycles. The molecule has 2 rings (SSSR count). The third-order valence-electron chi connectivity index (χ3n) is 2.76. The lowest BCUT2D eigenvalue weighted by atomic mass is 10.2. The Morgan fingerprint density at radius 3 is 3.11 bits per heavy atom. The molecule has 0 radical (unpaired) electrons. The lowest BCUT2D eigenvalue weighted by molar-refractivity contribution is -0.200. The SMILES string of the molecule is Cc1cc(Br)cc(CC(=O)NOC2CCCCO2)n1. The summed E-state index contributed by atoms with van der Waals surface area (Å²) in [5.74, 6) is -0.223. The molecule has 1 aliphatic heterocycles. The van der Waals surface area contributed by atoms with Crippen LogP contribution in [-0.4, -0.2) is 23.8 Å². The number of carbonyl (C=O) groups excluding carboxylic acids is 1. The molecule has 1 saturated heterocycles. The van der Waals surface area contributed by atoms with Gasteiger partial charge in [-0.2, -0.15) is 0 Å². The van der Waals surface area contributed by atoms with Crippen molar-refractivity contribution in [2.45, 2.75) is 38.9 Å². The van der Waals surface area contributed by atoms with Crippen LogP contribution in [0, 0.1) is 6.92 Å². The molecule has 6 heteroatoms. The zero-order valence-corrected chi connectivity index (χ0v) is 12.4. The van der Waals surface area contributed by atoms with E-state index in [2.05, 4.69) is 26.4 Å². The van der Waals surface area contributed by atoms with Crippen LogP contribution >= 0.6 is 15.9 Å². The van der Waals surface area contributed by atoms with E-state index >= 15 is 0 Å². The molecule has 1 aliphatic rings. The summed E-state index contributed by atoms with van der Waals surface area (Å²) in [4.78, 5) is 21.2. The van der Waals surface area contributed by atoms with Crippen LogP contribution in [0.4, 0.5) is 0 Å². The van der Waals surface area contributed by atoms with E-state index in [1.807, 2.05) is 19.1 Å². The van der Waals surface area contributed by atoms with Crippen LogP contribution in [0.2, 0.25) is 0 Å². The highest BCUT2D eigenvalue weighted by Crippen LogP contribution is 2.14. The van der Waals surface area contributed by atoms with E-state index in [4.69, 9.17) is 9.57 Å². The minimum absolute atomic E-state index is 0.187. The van der Waals surface area contributed by atoms with Gasteiger partial charge in [0.2, 0.25) is 5.91 Å². The normalized spacial score (nSPS) is 19.2. The van der Waals surface area contributed by atoms with Gasteiger partial charge in [-0.15, -0.1) is 0 Å². The standard InChI is InChI=1S/C13H17BrN2O3/c1-9-6-10(14)7-11(15-9)8-12(17)16-19-13-4-2-3-5-18-13/h6-7,13H,2-5,8H2,1H3,(H,16,17). The lowest BCUT2D eigenvalue weighted by Gasteiger charge is -2.22. The Bertz CT molecular complexity index is 427. The van der Waals surface area contributed by atoms with Crippen molar-refractivity contribution in [1.29, 1.82) is 0 Å². The number of hydroxylamine groups is 1. The first kappa shape index (κ1) is 14.4. The number of rotatable bonds is 4. The maximum atomic E-state index is 11.7. The average Bonchev–Trinajstić information content (AvgIpc) is 2.36. The molecular weight excluding hydrogens is 312 g/mol. The van der Waals surface area contributed by atoms with Crippen molar-refractivity contribution >= 4 is 21.8 Å². The van der Waals surface area contributed by atoms with Gasteiger partial charge in [0.15, 0.2) is 6.29 Å². The van der Waals surface area contributed by atoms with Crippen molar-refractivity contribution in [3.63, 3.8) is 0 Å². The van der Waals surface area contributed by atoms with Gasteiger partial charge in [0.1, 0.15) is 0 Å². The molecule has 1 atom stereocenters. The van der Waals surface area contributed by atoms with E-state index in [-0.39, 0.29) is 18.6 Å². The smallest absolute Gasteiger partial charge is 0.249 e. The molecule has 2 heterocycles. The van der Waals surface area contributed by atoms with Crippen LogP contribution in [0.3, 0.4) is 0 Å². The van der Waals surface area contributed by atoms with Gasteiger partial charge in [-0.3, -0.25) is 9.78 Å². The summed E-state index contributed by atoms with van der Waals surface area (Å²) in [6.07, 6.45) is 2.79. The molecule has 0 saturated carbocycles. The van der Waals surface area contributed by atoms with Crippen molar-refractivity contribution < 1.29 is 14.4 Å². The van der Waals surface area contributed by atoms with Crippen molar-refractivity contribution in [2.24, 2.45) is 0 Å². The summed E-state index contributed by atoms with van der Waals surface area (Å²) in [7, 11) is 0. The maximum absolute atomic E-state index is 11.7. The number of aromatic nitrogens is 1. The maximum Gasteiger partial charge on any atom is 0.249 e. The first-order valence-electron chi connectivity index (χ1n) is 6.32. The summed E-state index contributed by atoms with van der Waals surface area (Å²) in [5.41, 5.74) is 4.00. The van der Waals surface area contributed by atoms with Gasteiger partial charge in [0.25, 0.3) is 0 Å². The lowest BCUT2D eigenvalue weighted by Crippen LogP contribution is -2.34. The Morgan fingerprint density at radius 1 is 1.58 bits per heavy atom. The van der Waals surface area contributed by atoms with Crippen LogP contribution in [-0.2, 0) is 20.8 Å². The van der Waals surface area contributed by atoms with Crippen LogP contribution in [0.5, 0.6) is 0 Å². The largest absolute Gasteiger partial charge is 0.350 e. The number of hydrogen-bond acceptors (Lipinski definition) is 4. The molecule has 1 aromatic heterocycles. The minimum Gasteiger partial charge on any atom is -0.350 e. The van der Waals surface area contributed by atoms with E-state index in [9.17, 15) is 4.79 Å². The molecule has 0 bridgehead atoms. The number of nitrogens with zero attached hydrogens (tertiary/aromatic N) is 1. The van der Waals surface area contributed by atoms with Crippen LogP contribution in [0.1, 0.15) is 30.7 Å². The van der Waals surface area contributed by atoms with Gasteiger partial charge in [-0.1, -0.05) is 15.9 Å². The Balaban J connectivity index is 1.80. The van der Waals surface area contributed by atoms with Crippen molar-refractivity contribution in [3.8, 4) is 0 Å². The zero-order valence-electron chi connectivity index (χ0n) is 10.8. The number of pyridine rings is 1. The first-order chi connectivity index (χ1) is 9.13. The molecule has 1 amide bonds. The summed E-state index contributed by atoms with van der Waals surface area (Å²) >= 11 is 3.38. The molecule has 5 nitrogen and oxygen atoms in total. The highest BCUT2D eigenvalue weighted by atomic mass is 79.9. The molecule has 1 fully saturated rings. The predicted octanol–water partition coefficient (Wildman–Crippen LogP) is 2.27. The number of aryl methyl sites for hydroxylation is 1. The van der Waals surface area contributed by atoms with Gasteiger partial charge < -0.3 is 4.74 Å². The molecule has 1 N–H and O–H groups in total. The number of ether oxygens (including phenoxy) is 1. The summed E-state index contributed by atoms with van der Waals surface area (Å²) in [5, 5.41) is 0. The zero-order chi connectivity index (χ0) is 13.7. The second-order valence-electron chi connectivity index (χ2n) is 4.53. The average molecular weight is 329 g/mol. The summed E-state index contributed by atoms with van der Waals surface area (Å²) in [6.45, 7) is 2.57. The Hall–Kier alpha value is -0.980. The molecule has 1 unspecified atom stereocenters. The van der Waals surface area contributed by atoms with E-state index < -0.39 is 0 Å². The van der Waals surface area contributed by atoms with Gasteiger partial charge in [0.05, 0.1) is 12.1 Å². The summed E-state index contributed by atoms with van der Waals surface area (Å²) < 4.78 is 6.27. The molecule has 0 aromatic carbocycles. The first-order valence-corrected chi connectivity index (χ1v) is 7.12. The molecule has 19 heavy (non-hydrogen) atoms. The fourth-order valence-electron chi connectivity index (χ4n) is 1.92.